The van der Waals surface area contributed by atoms with Gasteiger partial charge in [0.1, 0.15) is 10.9 Å². The van der Waals surface area contributed by atoms with Gasteiger partial charge in [0.2, 0.25) is 0 Å². The van der Waals surface area contributed by atoms with Gasteiger partial charge in [-0.05, 0) is 29.8 Å². The van der Waals surface area contributed by atoms with Gasteiger partial charge in [-0.1, -0.05) is 65.9 Å². The smallest absolute Gasteiger partial charge is 0.266 e. The molecule has 0 aliphatic carbocycles. The maximum Gasteiger partial charge on any atom is 0.266 e. The number of ether oxygens (including phenoxy) is 2. The summed E-state index contributed by atoms with van der Waals surface area (Å²) in [6.07, 6.45) is 3.45. The van der Waals surface area contributed by atoms with Gasteiger partial charge >= 0.3 is 0 Å². The zero-order valence-corrected chi connectivity index (χ0v) is 17.6. The lowest BCUT2D eigenvalue weighted by Gasteiger charge is -2.12. The van der Waals surface area contributed by atoms with Crippen molar-refractivity contribution in [1.82, 2.24) is 4.90 Å². The average Bonchev–Trinajstić information content (AvgIpc) is 2.95. The molecule has 1 saturated heterocycles. The first-order valence-electron chi connectivity index (χ1n) is 8.44. The number of nitrogens with zero attached hydrogens (tertiary/aromatic N) is 1. The predicted octanol–water partition coefficient (Wildman–Crippen LogP) is 5.31. The van der Waals surface area contributed by atoms with Gasteiger partial charge in [0.15, 0.2) is 11.5 Å². The summed E-state index contributed by atoms with van der Waals surface area (Å²) < 4.78 is 11.8. The number of hydrogen-bond acceptors (Lipinski definition) is 5. The van der Waals surface area contributed by atoms with Crippen LogP contribution in [0.2, 0.25) is 5.02 Å². The van der Waals surface area contributed by atoms with E-state index in [9.17, 15) is 4.79 Å². The molecule has 2 aromatic carbocycles. The molecule has 1 aliphatic rings. The molecule has 1 fully saturated rings. The molecular formula is C21H18ClNO3S2. The maximum atomic E-state index is 12.5. The summed E-state index contributed by atoms with van der Waals surface area (Å²) in [5.74, 6) is 1.05. The van der Waals surface area contributed by atoms with Crippen molar-refractivity contribution < 1.29 is 14.3 Å². The fraction of sp³-hybridized carbons (Fsp3) is 0.143. The van der Waals surface area contributed by atoms with Crippen LogP contribution in [0.1, 0.15) is 11.1 Å². The van der Waals surface area contributed by atoms with E-state index in [1.807, 2.05) is 36.4 Å². The molecule has 0 radical (unpaired) electrons. The number of benzene rings is 2. The van der Waals surface area contributed by atoms with Gasteiger partial charge < -0.3 is 9.47 Å². The summed E-state index contributed by atoms with van der Waals surface area (Å²) in [6, 6.07) is 13.0. The van der Waals surface area contributed by atoms with E-state index >= 15 is 0 Å². The van der Waals surface area contributed by atoms with E-state index < -0.39 is 0 Å². The first-order valence-corrected chi connectivity index (χ1v) is 10.0. The molecule has 0 saturated carbocycles. The minimum Gasteiger partial charge on any atom is -0.493 e. The van der Waals surface area contributed by atoms with E-state index in [0.29, 0.717) is 38.9 Å². The van der Waals surface area contributed by atoms with Gasteiger partial charge in [0.25, 0.3) is 5.91 Å². The normalized spacial score (nSPS) is 15.2. The van der Waals surface area contributed by atoms with Crippen molar-refractivity contribution >= 4 is 51.9 Å². The Morgan fingerprint density at radius 3 is 2.75 bits per heavy atom. The summed E-state index contributed by atoms with van der Waals surface area (Å²) >= 11 is 12.7. The Morgan fingerprint density at radius 2 is 2.04 bits per heavy atom. The van der Waals surface area contributed by atoms with Gasteiger partial charge in [-0.25, -0.2) is 0 Å². The lowest BCUT2D eigenvalue weighted by atomic mass is 10.1. The van der Waals surface area contributed by atoms with Crippen molar-refractivity contribution in [3.8, 4) is 11.5 Å². The third-order valence-electron chi connectivity index (χ3n) is 4.01. The van der Waals surface area contributed by atoms with Gasteiger partial charge in [0.05, 0.1) is 12.0 Å². The average molecular weight is 432 g/mol. The van der Waals surface area contributed by atoms with Crippen LogP contribution in [0.15, 0.2) is 60.0 Å². The van der Waals surface area contributed by atoms with Crippen molar-refractivity contribution in [2.45, 2.75) is 6.61 Å². The van der Waals surface area contributed by atoms with Crippen LogP contribution in [0.5, 0.6) is 11.5 Å². The molecular weight excluding hydrogens is 414 g/mol. The Balaban J connectivity index is 1.83. The van der Waals surface area contributed by atoms with Gasteiger partial charge in [0, 0.05) is 17.1 Å². The highest BCUT2D eigenvalue weighted by atomic mass is 35.5. The first-order chi connectivity index (χ1) is 13.5. The van der Waals surface area contributed by atoms with Crippen LogP contribution in [0.25, 0.3) is 6.08 Å². The number of halogens is 1. The minimum atomic E-state index is -0.121. The quantitative estimate of drug-likeness (QED) is 0.337. The topological polar surface area (TPSA) is 38.8 Å². The lowest BCUT2D eigenvalue weighted by Crippen LogP contribution is -2.27. The molecule has 144 valence electrons. The third kappa shape index (κ3) is 4.58. The van der Waals surface area contributed by atoms with Crippen molar-refractivity contribution in [3.05, 3.63) is 76.2 Å². The number of methoxy groups -OCH3 is 1. The molecule has 0 bridgehead atoms. The zero-order chi connectivity index (χ0) is 20.1. The summed E-state index contributed by atoms with van der Waals surface area (Å²) in [4.78, 5) is 14.6. The molecule has 0 N–H and O–H groups in total. The highest BCUT2D eigenvalue weighted by Crippen LogP contribution is 2.35. The van der Waals surface area contributed by atoms with Crippen LogP contribution in [0.3, 0.4) is 0 Å². The fourth-order valence-corrected chi connectivity index (χ4v) is 4.07. The number of hydrogen-bond donors (Lipinski definition) is 0. The Hall–Kier alpha value is -2.28. The van der Waals surface area contributed by atoms with Crippen LogP contribution >= 0.6 is 35.6 Å². The molecule has 1 heterocycles. The van der Waals surface area contributed by atoms with E-state index in [2.05, 4.69) is 6.58 Å². The van der Waals surface area contributed by atoms with Crippen LogP contribution in [-0.4, -0.2) is 28.8 Å². The number of amides is 1. The van der Waals surface area contributed by atoms with Gasteiger partial charge in [-0.15, -0.1) is 6.58 Å². The van der Waals surface area contributed by atoms with E-state index in [1.165, 1.54) is 16.7 Å². The third-order valence-corrected chi connectivity index (χ3v) is 5.76. The lowest BCUT2D eigenvalue weighted by molar-refractivity contribution is -0.121. The fourth-order valence-electron chi connectivity index (χ4n) is 2.60. The number of carbonyl (C=O) groups excluding carboxylic acids is 1. The SMILES string of the molecule is C=CCN1C(=O)C(=Cc2ccc(OC)c(OCc3ccccc3Cl)c2)SC1=S. The first kappa shape index (κ1) is 20.5. The number of thioether (sulfide) groups is 1. The molecule has 4 nitrogen and oxygen atoms in total. The van der Waals surface area contributed by atoms with Crippen LogP contribution in [-0.2, 0) is 11.4 Å². The van der Waals surface area contributed by atoms with Crippen molar-refractivity contribution in [2.75, 3.05) is 13.7 Å². The van der Waals surface area contributed by atoms with E-state index in [1.54, 1.807) is 25.3 Å². The summed E-state index contributed by atoms with van der Waals surface area (Å²) in [5, 5.41) is 0.642. The number of rotatable bonds is 7. The van der Waals surface area contributed by atoms with Crippen molar-refractivity contribution in [3.63, 3.8) is 0 Å². The van der Waals surface area contributed by atoms with Crippen molar-refractivity contribution in [2.24, 2.45) is 0 Å². The summed E-state index contributed by atoms with van der Waals surface area (Å²) in [5.41, 5.74) is 1.69. The second-order valence-electron chi connectivity index (χ2n) is 5.87. The number of thiocarbonyl (C=S) groups is 1. The standard InChI is InChI=1S/C21H18ClNO3S2/c1-3-10-23-20(24)19(28-21(23)27)12-14-8-9-17(25-2)18(11-14)26-13-15-6-4-5-7-16(15)22/h3-9,11-12H,1,10,13H2,2H3. The Labute approximate surface area is 178 Å². The summed E-state index contributed by atoms with van der Waals surface area (Å²) in [7, 11) is 1.58. The molecule has 2 aromatic rings. The van der Waals surface area contributed by atoms with E-state index in [-0.39, 0.29) is 5.91 Å². The maximum absolute atomic E-state index is 12.5. The van der Waals surface area contributed by atoms with Crippen molar-refractivity contribution in [1.29, 1.82) is 0 Å². The second-order valence-corrected chi connectivity index (χ2v) is 7.95. The van der Waals surface area contributed by atoms with E-state index in [0.717, 1.165) is 11.1 Å². The largest absolute Gasteiger partial charge is 0.493 e. The molecule has 1 amide bonds. The van der Waals surface area contributed by atoms with Crippen LogP contribution in [0, 0.1) is 0 Å². The monoisotopic (exact) mass is 431 g/mol. The zero-order valence-electron chi connectivity index (χ0n) is 15.2. The molecule has 0 aromatic heterocycles. The number of carbonyl (C=O) groups is 1. The Morgan fingerprint density at radius 1 is 1.25 bits per heavy atom. The second kappa shape index (κ2) is 9.28. The van der Waals surface area contributed by atoms with Gasteiger partial charge in [-0.3, -0.25) is 9.69 Å². The molecule has 3 rings (SSSR count). The molecule has 0 atom stereocenters. The minimum absolute atomic E-state index is 0.121. The predicted molar refractivity (Wildman–Crippen MR) is 119 cm³/mol. The van der Waals surface area contributed by atoms with Crippen LogP contribution < -0.4 is 9.47 Å². The molecule has 0 unspecified atom stereocenters. The van der Waals surface area contributed by atoms with E-state index in [4.69, 9.17) is 33.3 Å². The molecule has 1 aliphatic heterocycles. The van der Waals surface area contributed by atoms with Crippen LogP contribution in [0.4, 0.5) is 0 Å². The van der Waals surface area contributed by atoms with Gasteiger partial charge in [-0.2, -0.15) is 0 Å². The molecule has 28 heavy (non-hydrogen) atoms. The Kier molecular flexibility index (Phi) is 6.78. The Bertz CT molecular complexity index is 958. The molecule has 0 spiro atoms. The summed E-state index contributed by atoms with van der Waals surface area (Å²) in [6.45, 7) is 4.37. The highest BCUT2D eigenvalue weighted by molar-refractivity contribution is 8.26. The highest BCUT2D eigenvalue weighted by Gasteiger charge is 2.31. The molecule has 7 heteroatoms.